The number of carbonyl (C=O) groups is 2. The summed E-state index contributed by atoms with van der Waals surface area (Å²) >= 11 is 6.15. The number of methoxy groups -OCH3 is 1. The normalized spacial score (nSPS) is 11.5. The number of halogens is 1. The van der Waals surface area contributed by atoms with E-state index in [2.05, 4.69) is 22.8 Å². The average Bonchev–Trinajstić information content (AvgIpc) is 2.96. The third kappa shape index (κ3) is 7.69. The summed E-state index contributed by atoms with van der Waals surface area (Å²) in [6, 6.07) is 29.3. The SMILES string of the molecule is COC(=O)[C@H](Cc1ccc(-c2ccccc2CNCCc2ccc(O)cc2)cc1)NC(=O)c1ccccc1Cl. The maximum Gasteiger partial charge on any atom is 0.328 e. The summed E-state index contributed by atoms with van der Waals surface area (Å²) in [6.45, 7) is 1.53. The zero-order chi connectivity index (χ0) is 27.6. The Morgan fingerprint density at radius 1 is 0.872 bits per heavy atom. The Kier molecular flexibility index (Phi) is 9.73. The molecule has 200 valence electrons. The predicted octanol–water partition coefficient (Wildman–Crippen LogP) is 5.56. The fraction of sp³-hybridized carbons (Fsp3) is 0.188. The van der Waals surface area contributed by atoms with Gasteiger partial charge in [-0.15, -0.1) is 0 Å². The standard InChI is InChI=1S/C32H31ClN2O4/c1-39-32(38)30(35-31(37)28-8-4-5-9-29(28)33)20-23-10-14-24(15-11-23)27-7-3-2-6-25(27)21-34-19-18-22-12-16-26(36)17-13-22/h2-17,30,34,36H,18-21H2,1H3,(H,35,37)/t30-/m0/s1. The molecule has 0 unspecified atom stereocenters. The van der Waals surface area contributed by atoms with Crippen molar-refractivity contribution in [2.75, 3.05) is 13.7 Å². The second-order valence-corrected chi connectivity index (χ2v) is 9.59. The Morgan fingerprint density at radius 3 is 2.26 bits per heavy atom. The molecule has 0 spiro atoms. The van der Waals surface area contributed by atoms with Crippen LogP contribution >= 0.6 is 11.6 Å². The van der Waals surface area contributed by atoms with Crippen molar-refractivity contribution in [2.24, 2.45) is 0 Å². The number of carbonyl (C=O) groups excluding carboxylic acids is 2. The van der Waals surface area contributed by atoms with Crippen LogP contribution in [0.25, 0.3) is 11.1 Å². The van der Waals surface area contributed by atoms with Crippen molar-refractivity contribution in [2.45, 2.75) is 25.4 Å². The minimum absolute atomic E-state index is 0.273. The number of amides is 1. The number of phenolic OH excluding ortho intramolecular Hbond substituents is 1. The van der Waals surface area contributed by atoms with Crippen LogP contribution in [0.15, 0.2) is 97.1 Å². The monoisotopic (exact) mass is 542 g/mol. The van der Waals surface area contributed by atoms with Crippen molar-refractivity contribution in [3.8, 4) is 16.9 Å². The predicted molar refractivity (Wildman–Crippen MR) is 154 cm³/mol. The van der Waals surface area contributed by atoms with E-state index >= 15 is 0 Å². The highest BCUT2D eigenvalue weighted by atomic mass is 35.5. The summed E-state index contributed by atoms with van der Waals surface area (Å²) in [4.78, 5) is 25.2. The van der Waals surface area contributed by atoms with Gasteiger partial charge in [0.2, 0.25) is 0 Å². The van der Waals surface area contributed by atoms with Crippen molar-refractivity contribution in [3.63, 3.8) is 0 Å². The molecule has 7 heteroatoms. The number of aromatic hydroxyl groups is 1. The molecule has 1 atom stereocenters. The lowest BCUT2D eigenvalue weighted by Gasteiger charge is -2.17. The van der Waals surface area contributed by atoms with E-state index < -0.39 is 17.9 Å². The molecular weight excluding hydrogens is 512 g/mol. The summed E-state index contributed by atoms with van der Waals surface area (Å²) < 4.78 is 4.94. The van der Waals surface area contributed by atoms with Gasteiger partial charge in [-0.2, -0.15) is 0 Å². The van der Waals surface area contributed by atoms with Gasteiger partial charge in [-0.1, -0.05) is 84.4 Å². The Hall–Kier alpha value is -4.13. The van der Waals surface area contributed by atoms with Crippen LogP contribution in [0.1, 0.15) is 27.0 Å². The number of hydrogen-bond donors (Lipinski definition) is 3. The first-order valence-electron chi connectivity index (χ1n) is 12.7. The lowest BCUT2D eigenvalue weighted by atomic mass is 9.97. The van der Waals surface area contributed by atoms with Crippen molar-refractivity contribution in [3.05, 3.63) is 124 Å². The van der Waals surface area contributed by atoms with E-state index in [1.165, 1.54) is 12.7 Å². The first-order valence-corrected chi connectivity index (χ1v) is 13.1. The van der Waals surface area contributed by atoms with Gasteiger partial charge >= 0.3 is 5.97 Å². The maximum absolute atomic E-state index is 12.7. The molecule has 3 N–H and O–H groups in total. The first-order chi connectivity index (χ1) is 18.9. The summed E-state index contributed by atoms with van der Waals surface area (Å²) in [7, 11) is 1.30. The molecule has 4 aromatic carbocycles. The van der Waals surface area contributed by atoms with E-state index in [0.29, 0.717) is 17.1 Å². The van der Waals surface area contributed by atoms with Crippen molar-refractivity contribution in [1.29, 1.82) is 0 Å². The highest BCUT2D eigenvalue weighted by Crippen LogP contribution is 2.25. The molecule has 4 aromatic rings. The fourth-order valence-corrected chi connectivity index (χ4v) is 4.57. The van der Waals surface area contributed by atoms with Crippen LogP contribution in [-0.2, 0) is 28.9 Å². The molecule has 0 aliphatic rings. The number of rotatable bonds is 11. The van der Waals surface area contributed by atoms with Gasteiger partial charge in [0.15, 0.2) is 0 Å². The third-order valence-corrected chi connectivity index (χ3v) is 6.80. The molecule has 4 rings (SSSR count). The van der Waals surface area contributed by atoms with Gasteiger partial charge in [0.25, 0.3) is 5.91 Å². The van der Waals surface area contributed by atoms with Crippen LogP contribution in [0, 0.1) is 0 Å². The molecule has 0 radical (unpaired) electrons. The van der Waals surface area contributed by atoms with Gasteiger partial charge in [0.1, 0.15) is 11.8 Å². The van der Waals surface area contributed by atoms with E-state index in [0.717, 1.165) is 35.2 Å². The van der Waals surface area contributed by atoms with Gasteiger partial charge in [-0.05, 0) is 65.0 Å². The van der Waals surface area contributed by atoms with Crippen LogP contribution < -0.4 is 10.6 Å². The molecular formula is C32H31ClN2O4. The summed E-state index contributed by atoms with van der Waals surface area (Å²) in [5, 5.41) is 16.0. The molecule has 0 fully saturated rings. The number of phenols is 1. The first kappa shape index (κ1) is 27.9. The molecule has 0 bridgehead atoms. The number of ether oxygens (including phenoxy) is 1. The second kappa shape index (κ2) is 13.6. The maximum atomic E-state index is 12.7. The lowest BCUT2D eigenvalue weighted by molar-refractivity contribution is -0.142. The second-order valence-electron chi connectivity index (χ2n) is 9.18. The van der Waals surface area contributed by atoms with Crippen LogP contribution in [-0.4, -0.2) is 36.7 Å². The third-order valence-electron chi connectivity index (χ3n) is 6.47. The van der Waals surface area contributed by atoms with Crippen LogP contribution in [0.4, 0.5) is 0 Å². The zero-order valence-corrected chi connectivity index (χ0v) is 22.4. The molecule has 0 heterocycles. The minimum atomic E-state index is -0.852. The smallest absolute Gasteiger partial charge is 0.328 e. The number of benzene rings is 4. The van der Waals surface area contributed by atoms with Gasteiger partial charge in [0.05, 0.1) is 17.7 Å². The molecule has 39 heavy (non-hydrogen) atoms. The van der Waals surface area contributed by atoms with Gasteiger partial charge < -0.3 is 20.5 Å². The molecule has 0 aliphatic heterocycles. The number of hydrogen-bond acceptors (Lipinski definition) is 5. The van der Waals surface area contributed by atoms with E-state index in [1.54, 1.807) is 36.4 Å². The van der Waals surface area contributed by atoms with Crippen LogP contribution in [0.3, 0.4) is 0 Å². The molecule has 0 aliphatic carbocycles. The van der Waals surface area contributed by atoms with E-state index in [9.17, 15) is 14.7 Å². The average molecular weight is 543 g/mol. The Morgan fingerprint density at radius 2 is 1.54 bits per heavy atom. The fourth-order valence-electron chi connectivity index (χ4n) is 4.35. The zero-order valence-electron chi connectivity index (χ0n) is 21.7. The topological polar surface area (TPSA) is 87.7 Å². The van der Waals surface area contributed by atoms with Crippen LogP contribution in [0.5, 0.6) is 5.75 Å². The van der Waals surface area contributed by atoms with Crippen molar-refractivity contribution in [1.82, 2.24) is 10.6 Å². The van der Waals surface area contributed by atoms with Crippen molar-refractivity contribution < 1.29 is 19.4 Å². The number of nitrogens with one attached hydrogen (secondary N) is 2. The highest BCUT2D eigenvalue weighted by molar-refractivity contribution is 6.33. The summed E-state index contributed by atoms with van der Waals surface area (Å²) in [5.41, 5.74) is 5.71. The van der Waals surface area contributed by atoms with Gasteiger partial charge in [-0.25, -0.2) is 4.79 Å². The van der Waals surface area contributed by atoms with Crippen LogP contribution in [0.2, 0.25) is 5.02 Å². The van der Waals surface area contributed by atoms with Gasteiger partial charge in [-0.3, -0.25) is 4.79 Å². The molecule has 0 saturated carbocycles. The Bertz CT molecular complexity index is 1400. The highest BCUT2D eigenvalue weighted by Gasteiger charge is 2.23. The summed E-state index contributed by atoms with van der Waals surface area (Å²) in [6.07, 6.45) is 1.15. The van der Waals surface area contributed by atoms with Gasteiger partial charge in [0, 0.05) is 13.0 Å². The van der Waals surface area contributed by atoms with Crippen molar-refractivity contribution >= 4 is 23.5 Å². The quantitative estimate of drug-likeness (QED) is 0.171. The number of esters is 1. The van der Waals surface area contributed by atoms with E-state index in [4.69, 9.17) is 16.3 Å². The lowest BCUT2D eigenvalue weighted by Crippen LogP contribution is -2.43. The van der Waals surface area contributed by atoms with E-state index in [1.807, 2.05) is 48.5 Å². The molecule has 0 saturated heterocycles. The summed E-state index contributed by atoms with van der Waals surface area (Å²) in [5.74, 6) is -0.683. The minimum Gasteiger partial charge on any atom is -0.508 e. The molecule has 1 amide bonds. The Balaban J connectivity index is 1.40. The molecule has 0 aromatic heterocycles. The largest absolute Gasteiger partial charge is 0.508 e. The molecule has 6 nitrogen and oxygen atoms in total. The Labute approximate surface area is 233 Å². The van der Waals surface area contributed by atoms with E-state index in [-0.39, 0.29) is 12.2 Å².